The van der Waals surface area contributed by atoms with Crippen molar-refractivity contribution in [3.63, 3.8) is 0 Å². The maximum Gasteiger partial charge on any atom is 0.136 e. The second-order valence-corrected chi connectivity index (χ2v) is 22.9. The summed E-state index contributed by atoms with van der Waals surface area (Å²) in [6, 6.07) is 33.7. The van der Waals surface area contributed by atoms with E-state index in [0.717, 1.165) is 46.0 Å². The van der Waals surface area contributed by atoms with Gasteiger partial charge in [-0.25, -0.2) is 0 Å². The molecular formula is C60H45N3O2. The van der Waals surface area contributed by atoms with E-state index < -0.39 is 0 Å². The van der Waals surface area contributed by atoms with Crippen molar-refractivity contribution in [1.29, 1.82) is 0 Å². The van der Waals surface area contributed by atoms with E-state index in [1.165, 1.54) is 157 Å². The highest BCUT2D eigenvalue weighted by Crippen LogP contribution is 2.78. The predicted octanol–water partition coefficient (Wildman–Crippen LogP) is 15.5. The van der Waals surface area contributed by atoms with Gasteiger partial charge in [0.15, 0.2) is 0 Å². The lowest BCUT2D eigenvalue weighted by Gasteiger charge is -2.48. The van der Waals surface area contributed by atoms with Gasteiger partial charge < -0.3 is 13.2 Å². The highest BCUT2D eigenvalue weighted by atomic mass is 16.3. The summed E-state index contributed by atoms with van der Waals surface area (Å²) in [7, 11) is 0. The number of benzene rings is 5. The summed E-state index contributed by atoms with van der Waals surface area (Å²) in [6.45, 7) is 0. The largest absolute Gasteiger partial charge is 0.456 e. The molecule has 6 bridgehead atoms. The van der Waals surface area contributed by atoms with Crippen LogP contribution in [0.2, 0.25) is 0 Å². The molecule has 6 aromatic heterocycles. The van der Waals surface area contributed by atoms with Gasteiger partial charge in [0.1, 0.15) is 22.3 Å². The first kappa shape index (κ1) is 33.3. The van der Waals surface area contributed by atoms with Crippen molar-refractivity contribution in [2.45, 2.75) is 87.9 Å². The molecule has 19 rings (SSSR count). The summed E-state index contributed by atoms with van der Waals surface area (Å²) in [5, 5.41) is 10.5. The molecule has 0 radical (unpaired) electrons. The van der Waals surface area contributed by atoms with Crippen LogP contribution in [0.5, 0.6) is 0 Å². The van der Waals surface area contributed by atoms with Crippen LogP contribution in [0.25, 0.3) is 104 Å². The van der Waals surface area contributed by atoms with Crippen LogP contribution in [0.3, 0.4) is 0 Å². The Bertz CT molecular complexity index is 3820. The normalized spacial score (nSPS) is 32.1. The Labute approximate surface area is 374 Å². The van der Waals surface area contributed by atoms with Crippen molar-refractivity contribution in [1.82, 2.24) is 14.4 Å². The van der Waals surface area contributed by atoms with Crippen molar-refractivity contribution in [3.05, 3.63) is 126 Å². The molecule has 312 valence electrons. The third kappa shape index (κ3) is 3.59. The van der Waals surface area contributed by atoms with Crippen LogP contribution in [0.15, 0.2) is 112 Å². The molecule has 0 saturated heterocycles. The fourth-order valence-corrected chi connectivity index (χ4v) is 18.6. The molecule has 0 amide bonds. The van der Waals surface area contributed by atoms with Gasteiger partial charge in [0.05, 0.1) is 28.9 Å². The summed E-state index contributed by atoms with van der Waals surface area (Å²) >= 11 is 0. The van der Waals surface area contributed by atoms with Crippen LogP contribution in [0, 0.1) is 34.5 Å². The highest BCUT2D eigenvalue weighted by molar-refractivity contribution is 6.32. The maximum atomic E-state index is 6.70. The fourth-order valence-electron chi connectivity index (χ4n) is 18.6. The van der Waals surface area contributed by atoms with Gasteiger partial charge in [-0.1, -0.05) is 48.5 Å². The molecule has 65 heavy (non-hydrogen) atoms. The summed E-state index contributed by atoms with van der Waals surface area (Å²) in [5.74, 6) is 5.84. The van der Waals surface area contributed by atoms with Gasteiger partial charge in [-0.3, -0.25) is 9.97 Å². The van der Waals surface area contributed by atoms with Crippen molar-refractivity contribution in [2.24, 2.45) is 34.5 Å². The smallest absolute Gasteiger partial charge is 0.136 e. The van der Waals surface area contributed by atoms with E-state index in [-0.39, 0.29) is 0 Å². The lowest BCUT2D eigenvalue weighted by molar-refractivity contribution is 0.00321. The first-order valence-corrected chi connectivity index (χ1v) is 25.0. The van der Waals surface area contributed by atoms with Gasteiger partial charge in [0.25, 0.3) is 0 Å². The van der Waals surface area contributed by atoms with Gasteiger partial charge in [-0.05, 0) is 186 Å². The number of fused-ring (bicyclic) bond motifs is 24. The molecular weight excluding hydrogens is 795 g/mol. The standard InChI is InChI=1S/C60H45N3O2/c1-3-7-46-38(5-1)40-11-9-28(17-48(40)64-46)42-21-43(29-10-12-41-39-6-2-4-8-47(39)65-49(41)18-29)53-55-45(27-62-57-33-16-37-20-35-14-31(51(55)57)23-60(35,37)25-33)63-44-26-61-56-32-15-36-19-34-13-30(22-59(34,36)24-32)50(56)54(44)52(42)58(53)63/h1-12,17-18,21,26-27,30-37H,13-16,19-20,22-25H2. The van der Waals surface area contributed by atoms with Crippen LogP contribution in [-0.2, 0) is 0 Å². The molecule has 6 fully saturated rings. The van der Waals surface area contributed by atoms with Crippen LogP contribution in [-0.4, -0.2) is 14.4 Å². The van der Waals surface area contributed by atoms with Gasteiger partial charge in [-0.15, -0.1) is 0 Å². The van der Waals surface area contributed by atoms with E-state index >= 15 is 0 Å². The Hall–Kier alpha value is -6.20. The third-order valence-electron chi connectivity index (χ3n) is 20.9. The quantitative estimate of drug-likeness (QED) is 0.174. The molecule has 11 aromatic rings. The van der Waals surface area contributed by atoms with Gasteiger partial charge in [-0.2, -0.15) is 0 Å². The maximum absolute atomic E-state index is 6.70. The molecule has 8 aliphatic rings. The summed E-state index contributed by atoms with van der Waals surface area (Å²) in [4.78, 5) is 11.4. The number of aromatic nitrogens is 3. The molecule has 6 heterocycles. The number of hydrogen-bond acceptors (Lipinski definition) is 4. The number of rotatable bonds is 2. The first-order chi connectivity index (χ1) is 32.1. The summed E-state index contributed by atoms with van der Waals surface area (Å²) in [6.07, 6.45) is 18.2. The average molecular weight is 840 g/mol. The molecule has 5 heteroatoms. The Morgan fingerprint density at radius 1 is 0.446 bits per heavy atom. The topological polar surface area (TPSA) is 56.5 Å². The molecule has 10 unspecified atom stereocenters. The minimum atomic E-state index is 0.549. The van der Waals surface area contributed by atoms with Crippen molar-refractivity contribution >= 4 is 82.0 Å². The van der Waals surface area contributed by atoms with Crippen molar-refractivity contribution in [2.75, 3.05) is 0 Å². The zero-order valence-electron chi connectivity index (χ0n) is 36.2. The number of furan rings is 2. The molecule has 8 aliphatic carbocycles. The Morgan fingerprint density at radius 3 is 1.40 bits per heavy atom. The number of hydrogen-bond donors (Lipinski definition) is 0. The molecule has 6 saturated carbocycles. The lowest BCUT2D eigenvalue weighted by Crippen LogP contribution is -2.41. The SMILES string of the molecule is c1ccc2c(c1)oc1cc(-c3cc(-c4ccc5c(c4)oc4ccccc45)c4c5c6c(ncc5n5c7cnc8c(c7c3c45)C3CC4CC5CC8CC54C3)C3CC4CC5CC6CC45C3)ccc12. The van der Waals surface area contributed by atoms with Crippen LogP contribution < -0.4 is 0 Å². The van der Waals surface area contributed by atoms with E-state index in [9.17, 15) is 0 Å². The second-order valence-electron chi connectivity index (χ2n) is 22.9. The Kier molecular flexibility index (Phi) is 5.42. The molecule has 5 aromatic carbocycles. The predicted molar refractivity (Wildman–Crippen MR) is 258 cm³/mol. The van der Waals surface area contributed by atoms with Gasteiger partial charge >= 0.3 is 0 Å². The highest BCUT2D eigenvalue weighted by Gasteiger charge is 2.67. The number of para-hydroxylation sites is 2. The number of pyridine rings is 2. The number of nitrogens with zero attached hydrogens (tertiary/aromatic N) is 3. The molecule has 0 N–H and O–H groups in total. The molecule has 2 spiro atoms. The monoisotopic (exact) mass is 839 g/mol. The average Bonchev–Trinajstić information content (AvgIpc) is 4.20. The van der Waals surface area contributed by atoms with E-state index in [1.807, 2.05) is 0 Å². The van der Waals surface area contributed by atoms with E-state index in [2.05, 4.69) is 108 Å². The van der Waals surface area contributed by atoms with Crippen LogP contribution in [0.4, 0.5) is 0 Å². The van der Waals surface area contributed by atoms with Crippen LogP contribution >= 0.6 is 0 Å². The molecule has 10 atom stereocenters. The zero-order chi connectivity index (χ0) is 41.4. The van der Waals surface area contributed by atoms with E-state index in [0.29, 0.717) is 34.5 Å². The molecule has 0 aliphatic heterocycles. The van der Waals surface area contributed by atoms with Crippen LogP contribution in [0.1, 0.15) is 110 Å². The van der Waals surface area contributed by atoms with Crippen molar-refractivity contribution < 1.29 is 8.83 Å². The third-order valence-corrected chi connectivity index (χ3v) is 20.9. The Balaban J connectivity index is 1.00. The first-order valence-electron chi connectivity index (χ1n) is 25.0. The van der Waals surface area contributed by atoms with Crippen molar-refractivity contribution in [3.8, 4) is 22.3 Å². The molecule has 5 nitrogen and oxygen atoms in total. The second kappa shape index (κ2) is 10.6. The summed E-state index contributed by atoms with van der Waals surface area (Å²) in [5.41, 5.74) is 19.8. The van der Waals surface area contributed by atoms with E-state index in [1.54, 1.807) is 11.1 Å². The Morgan fingerprint density at radius 2 is 0.892 bits per heavy atom. The van der Waals surface area contributed by atoms with Gasteiger partial charge in [0, 0.05) is 66.3 Å². The minimum absolute atomic E-state index is 0.549. The lowest BCUT2D eigenvalue weighted by atomic mass is 9.56. The van der Waals surface area contributed by atoms with E-state index in [4.69, 9.17) is 18.8 Å². The van der Waals surface area contributed by atoms with Gasteiger partial charge in [0.2, 0.25) is 0 Å². The zero-order valence-corrected chi connectivity index (χ0v) is 36.2. The summed E-state index contributed by atoms with van der Waals surface area (Å²) < 4.78 is 16.1. The minimum Gasteiger partial charge on any atom is -0.456 e. The fraction of sp³-hybridized carbons (Fsp3) is 0.333.